The number of carbonyl (C=O) groups is 3. The molecule has 2 heterocycles. The summed E-state index contributed by atoms with van der Waals surface area (Å²) in [6.45, 7) is 0.324. The third-order valence-electron chi connectivity index (χ3n) is 4.43. The summed E-state index contributed by atoms with van der Waals surface area (Å²) in [5.74, 6) is -2.07. The van der Waals surface area contributed by atoms with E-state index in [-0.39, 0.29) is 24.7 Å². The van der Waals surface area contributed by atoms with E-state index in [1.54, 1.807) is 13.2 Å². The molecule has 1 aliphatic heterocycles. The van der Waals surface area contributed by atoms with Crippen molar-refractivity contribution in [3.8, 4) is 0 Å². The Hall–Kier alpha value is -2.83. The lowest BCUT2D eigenvalue weighted by Crippen LogP contribution is -2.45. The number of carbonyl (C=O) groups excluding carboxylic acids is 2. The van der Waals surface area contributed by atoms with Crippen molar-refractivity contribution in [2.75, 3.05) is 13.6 Å². The second-order valence-electron chi connectivity index (χ2n) is 6.14. The van der Waals surface area contributed by atoms with Gasteiger partial charge < -0.3 is 20.3 Å². The van der Waals surface area contributed by atoms with Crippen molar-refractivity contribution < 1.29 is 19.5 Å². The molecule has 7 nitrogen and oxygen atoms in total. The van der Waals surface area contributed by atoms with E-state index >= 15 is 0 Å². The zero-order valence-corrected chi connectivity index (χ0v) is 13.3. The minimum absolute atomic E-state index is 0.0985. The highest BCUT2D eigenvalue weighted by atomic mass is 16.4. The largest absolute Gasteiger partial charge is 0.480 e. The number of nitrogens with zero attached hydrogens (tertiary/aromatic N) is 1. The van der Waals surface area contributed by atoms with Crippen molar-refractivity contribution in [1.82, 2.24) is 15.2 Å². The van der Waals surface area contributed by atoms with Gasteiger partial charge in [0.2, 0.25) is 11.8 Å². The quantitative estimate of drug-likeness (QED) is 0.753. The molecule has 2 amide bonds. The number of para-hydroxylation sites is 1. The molecule has 0 radical (unpaired) electrons. The van der Waals surface area contributed by atoms with Crippen LogP contribution in [0.15, 0.2) is 30.5 Å². The highest BCUT2D eigenvalue weighted by Gasteiger charge is 2.34. The molecule has 2 unspecified atom stereocenters. The number of amides is 2. The Morgan fingerprint density at radius 1 is 1.42 bits per heavy atom. The molecule has 1 saturated heterocycles. The van der Waals surface area contributed by atoms with Crippen LogP contribution in [-0.2, 0) is 20.8 Å². The molecule has 126 valence electrons. The second kappa shape index (κ2) is 6.35. The van der Waals surface area contributed by atoms with E-state index in [1.165, 1.54) is 4.90 Å². The summed E-state index contributed by atoms with van der Waals surface area (Å²) in [7, 11) is 1.64. The fourth-order valence-electron chi connectivity index (χ4n) is 3.05. The van der Waals surface area contributed by atoms with E-state index < -0.39 is 17.9 Å². The van der Waals surface area contributed by atoms with Crippen LogP contribution in [0.5, 0.6) is 0 Å². The molecule has 1 aromatic heterocycles. The van der Waals surface area contributed by atoms with E-state index in [2.05, 4.69) is 10.3 Å². The molecular weight excluding hydrogens is 310 g/mol. The van der Waals surface area contributed by atoms with Crippen molar-refractivity contribution in [3.05, 3.63) is 36.0 Å². The predicted molar refractivity (Wildman–Crippen MR) is 87.3 cm³/mol. The number of aromatic nitrogens is 1. The number of nitrogens with one attached hydrogen (secondary N) is 2. The van der Waals surface area contributed by atoms with E-state index in [9.17, 15) is 19.5 Å². The fraction of sp³-hybridized carbons (Fsp3) is 0.353. The van der Waals surface area contributed by atoms with Crippen LogP contribution in [0, 0.1) is 5.92 Å². The Labute approximate surface area is 138 Å². The van der Waals surface area contributed by atoms with Gasteiger partial charge in [0, 0.05) is 43.5 Å². The first-order valence-electron chi connectivity index (χ1n) is 7.78. The topological polar surface area (TPSA) is 102 Å². The van der Waals surface area contributed by atoms with Crippen LogP contribution in [0.1, 0.15) is 12.0 Å². The maximum absolute atomic E-state index is 12.3. The second-order valence-corrected chi connectivity index (χ2v) is 6.14. The molecule has 7 heteroatoms. The van der Waals surface area contributed by atoms with E-state index in [4.69, 9.17) is 0 Å². The molecule has 3 N–H and O–H groups in total. The number of carboxylic acid groups (broad SMARTS) is 1. The summed E-state index contributed by atoms with van der Waals surface area (Å²) in [4.78, 5) is 39.9. The molecule has 0 aliphatic carbocycles. The maximum Gasteiger partial charge on any atom is 0.326 e. The summed E-state index contributed by atoms with van der Waals surface area (Å²) in [5, 5.41) is 12.9. The average Bonchev–Trinajstić information content (AvgIpc) is 3.11. The SMILES string of the molecule is CN1CC(C(=O)NC(Cc2c[nH]c3ccccc23)C(=O)O)CC1=O. The molecule has 24 heavy (non-hydrogen) atoms. The van der Waals surface area contributed by atoms with Crippen LogP contribution in [0.25, 0.3) is 10.9 Å². The molecule has 1 fully saturated rings. The monoisotopic (exact) mass is 329 g/mol. The number of fused-ring (bicyclic) bond motifs is 1. The third kappa shape index (κ3) is 3.10. The number of aliphatic carboxylic acids is 1. The Kier molecular flexibility index (Phi) is 4.24. The molecule has 2 atom stereocenters. The molecule has 0 saturated carbocycles. The smallest absolute Gasteiger partial charge is 0.326 e. The van der Waals surface area contributed by atoms with Crippen molar-refractivity contribution in [2.45, 2.75) is 18.9 Å². The number of H-pyrrole nitrogens is 1. The fourth-order valence-corrected chi connectivity index (χ4v) is 3.05. The molecule has 3 rings (SSSR count). The van der Waals surface area contributed by atoms with Gasteiger partial charge in [0.25, 0.3) is 0 Å². The van der Waals surface area contributed by atoms with Crippen molar-refractivity contribution in [3.63, 3.8) is 0 Å². The molecule has 2 aromatic rings. The molecule has 1 aromatic carbocycles. The zero-order chi connectivity index (χ0) is 17.3. The van der Waals surface area contributed by atoms with Crippen molar-refractivity contribution >= 4 is 28.7 Å². The number of likely N-dealkylation sites (tertiary alicyclic amines) is 1. The standard InChI is InChI=1S/C17H19N3O4/c1-20-9-11(7-15(20)21)16(22)19-14(17(23)24)6-10-8-18-13-5-3-2-4-12(10)13/h2-5,8,11,14,18H,6-7,9H2,1H3,(H,19,22)(H,23,24). The number of aromatic amines is 1. The summed E-state index contributed by atoms with van der Waals surface area (Å²) < 4.78 is 0. The molecule has 1 aliphatic rings. The Morgan fingerprint density at radius 2 is 2.17 bits per heavy atom. The van der Waals surface area contributed by atoms with Crippen LogP contribution in [0.2, 0.25) is 0 Å². The van der Waals surface area contributed by atoms with Gasteiger partial charge in [0.05, 0.1) is 5.92 Å². The van der Waals surface area contributed by atoms with Gasteiger partial charge in [-0.15, -0.1) is 0 Å². The number of benzene rings is 1. The highest BCUT2D eigenvalue weighted by Crippen LogP contribution is 2.20. The summed E-state index contributed by atoms with van der Waals surface area (Å²) in [5.41, 5.74) is 1.75. The van der Waals surface area contributed by atoms with Crippen LogP contribution < -0.4 is 5.32 Å². The van der Waals surface area contributed by atoms with Gasteiger partial charge in [0.1, 0.15) is 6.04 Å². The van der Waals surface area contributed by atoms with Gasteiger partial charge in [-0.2, -0.15) is 0 Å². The normalized spacial score (nSPS) is 18.8. The number of rotatable bonds is 5. The van der Waals surface area contributed by atoms with Crippen LogP contribution in [0.4, 0.5) is 0 Å². The average molecular weight is 329 g/mol. The first kappa shape index (κ1) is 16.0. The van der Waals surface area contributed by atoms with Gasteiger partial charge in [0.15, 0.2) is 0 Å². The molecular formula is C17H19N3O4. The van der Waals surface area contributed by atoms with E-state index in [1.807, 2.05) is 24.3 Å². The first-order valence-corrected chi connectivity index (χ1v) is 7.78. The highest BCUT2D eigenvalue weighted by molar-refractivity contribution is 5.91. The van der Waals surface area contributed by atoms with Gasteiger partial charge in [-0.25, -0.2) is 4.79 Å². The van der Waals surface area contributed by atoms with E-state index in [0.717, 1.165) is 16.5 Å². The maximum atomic E-state index is 12.3. The van der Waals surface area contributed by atoms with Gasteiger partial charge >= 0.3 is 5.97 Å². The van der Waals surface area contributed by atoms with Gasteiger partial charge in [-0.1, -0.05) is 18.2 Å². The zero-order valence-electron chi connectivity index (χ0n) is 13.3. The summed E-state index contributed by atoms with van der Waals surface area (Å²) in [6, 6.07) is 6.57. The van der Waals surface area contributed by atoms with Gasteiger partial charge in [-0.3, -0.25) is 9.59 Å². The Balaban J connectivity index is 1.72. The molecule has 0 bridgehead atoms. The minimum atomic E-state index is -1.09. The van der Waals surface area contributed by atoms with Gasteiger partial charge in [-0.05, 0) is 11.6 Å². The van der Waals surface area contributed by atoms with Crippen LogP contribution >= 0.6 is 0 Å². The summed E-state index contributed by atoms with van der Waals surface area (Å²) in [6.07, 6.45) is 2.07. The predicted octanol–water partition coefficient (Wildman–Crippen LogP) is 0.758. The molecule has 0 spiro atoms. The van der Waals surface area contributed by atoms with Crippen molar-refractivity contribution in [2.24, 2.45) is 5.92 Å². The van der Waals surface area contributed by atoms with E-state index in [0.29, 0.717) is 6.54 Å². The number of carboxylic acids is 1. The Bertz CT molecular complexity index is 798. The lowest BCUT2D eigenvalue weighted by molar-refractivity contribution is -0.142. The van der Waals surface area contributed by atoms with Crippen LogP contribution in [0.3, 0.4) is 0 Å². The van der Waals surface area contributed by atoms with Crippen LogP contribution in [-0.4, -0.2) is 52.4 Å². The minimum Gasteiger partial charge on any atom is -0.480 e. The summed E-state index contributed by atoms with van der Waals surface area (Å²) >= 11 is 0. The lowest BCUT2D eigenvalue weighted by atomic mass is 10.0. The first-order chi connectivity index (χ1) is 11.5. The lowest BCUT2D eigenvalue weighted by Gasteiger charge is -2.17. The third-order valence-corrected chi connectivity index (χ3v) is 4.43. The Morgan fingerprint density at radius 3 is 2.83 bits per heavy atom. The van der Waals surface area contributed by atoms with Crippen molar-refractivity contribution in [1.29, 1.82) is 0 Å². The number of hydrogen-bond donors (Lipinski definition) is 3. The number of hydrogen-bond acceptors (Lipinski definition) is 3.